The predicted octanol–water partition coefficient (Wildman–Crippen LogP) is 1.49. The third kappa shape index (κ3) is 5.67. The van der Waals surface area contributed by atoms with Crippen LogP contribution in [0.2, 0.25) is 0 Å². The van der Waals surface area contributed by atoms with Gasteiger partial charge in [0.1, 0.15) is 0 Å². The molecule has 1 saturated heterocycles. The summed E-state index contributed by atoms with van der Waals surface area (Å²) in [6, 6.07) is 10.4. The monoisotopic (exact) mass is 317 g/mol. The van der Waals surface area contributed by atoms with Gasteiger partial charge >= 0.3 is 0 Å². The lowest BCUT2D eigenvalue weighted by Gasteiger charge is -2.34. The summed E-state index contributed by atoms with van der Waals surface area (Å²) in [5.41, 5.74) is 1.31. The van der Waals surface area contributed by atoms with Gasteiger partial charge in [-0.15, -0.1) is 0 Å². The molecule has 126 valence electrons. The summed E-state index contributed by atoms with van der Waals surface area (Å²) in [5.74, 6) is 0.102. The topological polar surface area (TPSA) is 52.7 Å². The van der Waals surface area contributed by atoms with E-state index in [1.165, 1.54) is 5.56 Å². The lowest BCUT2D eigenvalue weighted by molar-refractivity contribution is -0.133. The van der Waals surface area contributed by atoms with Crippen molar-refractivity contribution < 1.29 is 9.59 Å². The van der Waals surface area contributed by atoms with Crippen molar-refractivity contribution in [2.45, 2.75) is 26.8 Å². The molecule has 2 rings (SSSR count). The van der Waals surface area contributed by atoms with Crippen LogP contribution in [0, 0.1) is 5.92 Å². The van der Waals surface area contributed by atoms with Crippen LogP contribution in [0.1, 0.15) is 25.8 Å². The Balaban J connectivity index is 1.67. The highest BCUT2D eigenvalue weighted by molar-refractivity contribution is 5.80. The van der Waals surface area contributed by atoms with Crippen LogP contribution in [-0.2, 0) is 16.1 Å². The Kier molecular flexibility index (Phi) is 6.59. The first-order chi connectivity index (χ1) is 11.1. The summed E-state index contributed by atoms with van der Waals surface area (Å²) in [4.78, 5) is 27.9. The maximum Gasteiger partial charge on any atom is 0.224 e. The van der Waals surface area contributed by atoms with Gasteiger partial charge in [-0.1, -0.05) is 44.2 Å². The molecule has 1 aromatic rings. The van der Waals surface area contributed by atoms with E-state index in [0.717, 1.165) is 32.7 Å². The highest BCUT2D eigenvalue weighted by Crippen LogP contribution is 2.09. The first-order valence-electron chi connectivity index (χ1n) is 8.38. The Hall–Kier alpha value is -1.88. The molecule has 0 unspecified atom stereocenters. The van der Waals surface area contributed by atoms with Gasteiger partial charge < -0.3 is 10.2 Å². The van der Waals surface area contributed by atoms with Crippen molar-refractivity contribution in [1.29, 1.82) is 0 Å². The van der Waals surface area contributed by atoms with Crippen LogP contribution in [0.3, 0.4) is 0 Å². The van der Waals surface area contributed by atoms with E-state index >= 15 is 0 Å². The van der Waals surface area contributed by atoms with E-state index in [4.69, 9.17) is 0 Å². The number of carbonyl (C=O) groups excluding carboxylic acids is 2. The van der Waals surface area contributed by atoms with Crippen LogP contribution in [0.4, 0.5) is 0 Å². The minimum Gasteiger partial charge on any atom is -0.355 e. The van der Waals surface area contributed by atoms with Crippen molar-refractivity contribution in [3.63, 3.8) is 0 Å². The second-order valence-electron chi connectivity index (χ2n) is 6.34. The molecule has 0 aromatic heterocycles. The van der Waals surface area contributed by atoms with E-state index < -0.39 is 0 Å². The van der Waals surface area contributed by atoms with E-state index in [2.05, 4.69) is 34.5 Å². The van der Waals surface area contributed by atoms with Crippen molar-refractivity contribution in [3.05, 3.63) is 35.9 Å². The van der Waals surface area contributed by atoms with Gasteiger partial charge in [0, 0.05) is 51.6 Å². The molecule has 1 N–H and O–H groups in total. The number of nitrogens with one attached hydrogen (secondary N) is 1. The molecular weight excluding hydrogens is 290 g/mol. The number of carbonyl (C=O) groups is 2. The van der Waals surface area contributed by atoms with Gasteiger partial charge in [-0.25, -0.2) is 0 Å². The quantitative estimate of drug-likeness (QED) is 0.865. The molecular formula is C18H27N3O2. The molecule has 1 aromatic carbocycles. The number of piperazine rings is 1. The number of nitrogens with zero attached hydrogens (tertiary/aromatic N) is 2. The van der Waals surface area contributed by atoms with E-state index in [1.54, 1.807) is 0 Å². The van der Waals surface area contributed by atoms with Gasteiger partial charge in [-0.05, 0) is 5.56 Å². The SMILES string of the molecule is CC(C)C(=O)NCCC(=O)N1CCN(Cc2ccccc2)CC1. The maximum atomic E-state index is 12.2. The molecule has 2 amide bonds. The van der Waals surface area contributed by atoms with Gasteiger partial charge in [-0.3, -0.25) is 14.5 Å². The van der Waals surface area contributed by atoms with Crippen LogP contribution in [0.25, 0.3) is 0 Å². The van der Waals surface area contributed by atoms with E-state index in [9.17, 15) is 9.59 Å². The summed E-state index contributed by atoms with van der Waals surface area (Å²) in [6.07, 6.45) is 0.386. The molecule has 23 heavy (non-hydrogen) atoms. The average Bonchev–Trinajstić information content (AvgIpc) is 2.56. The molecule has 0 spiro atoms. The second-order valence-corrected chi connectivity index (χ2v) is 6.34. The third-order valence-corrected chi connectivity index (χ3v) is 4.14. The van der Waals surface area contributed by atoms with Crippen molar-refractivity contribution in [3.8, 4) is 0 Å². The fourth-order valence-electron chi connectivity index (χ4n) is 2.65. The molecule has 1 aliphatic heterocycles. The zero-order valence-corrected chi connectivity index (χ0v) is 14.1. The summed E-state index contributed by atoms with van der Waals surface area (Å²) in [5, 5.41) is 2.80. The molecule has 1 aliphatic rings. The molecule has 1 fully saturated rings. The largest absolute Gasteiger partial charge is 0.355 e. The zero-order valence-electron chi connectivity index (χ0n) is 14.1. The standard InChI is InChI=1S/C18H27N3O2/c1-15(2)18(23)19-9-8-17(22)21-12-10-20(11-13-21)14-16-6-4-3-5-7-16/h3-7,15H,8-14H2,1-2H3,(H,19,23). The molecule has 0 atom stereocenters. The third-order valence-electron chi connectivity index (χ3n) is 4.14. The second kappa shape index (κ2) is 8.67. The Morgan fingerprint density at radius 3 is 2.35 bits per heavy atom. The minimum absolute atomic E-state index is 0.00507. The zero-order chi connectivity index (χ0) is 16.7. The minimum atomic E-state index is -0.0355. The lowest BCUT2D eigenvalue weighted by Crippen LogP contribution is -2.48. The Bertz CT molecular complexity index is 508. The number of hydrogen-bond acceptors (Lipinski definition) is 3. The number of benzene rings is 1. The predicted molar refractivity (Wildman–Crippen MR) is 90.8 cm³/mol. The molecule has 0 aliphatic carbocycles. The fourth-order valence-corrected chi connectivity index (χ4v) is 2.65. The van der Waals surface area contributed by atoms with Crippen LogP contribution in [0.15, 0.2) is 30.3 Å². The van der Waals surface area contributed by atoms with Crippen molar-refractivity contribution in [1.82, 2.24) is 15.1 Å². The first kappa shape index (κ1) is 17.5. The lowest BCUT2D eigenvalue weighted by atomic mass is 10.2. The van der Waals surface area contributed by atoms with Gasteiger partial charge in [0.2, 0.25) is 11.8 Å². The van der Waals surface area contributed by atoms with E-state index in [-0.39, 0.29) is 17.7 Å². The smallest absolute Gasteiger partial charge is 0.224 e. The van der Waals surface area contributed by atoms with Crippen molar-refractivity contribution in [2.24, 2.45) is 5.92 Å². The highest BCUT2D eigenvalue weighted by atomic mass is 16.2. The summed E-state index contributed by atoms with van der Waals surface area (Å²) < 4.78 is 0. The maximum absolute atomic E-state index is 12.2. The van der Waals surface area contributed by atoms with Crippen molar-refractivity contribution in [2.75, 3.05) is 32.7 Å². The van der Waals surface area contributed by atoms with Crippen LogP contribution < -0.4 is 5.32 Å². The molecule has 5 nitrogen and oxygen atoms in total. The molecule has 1 heterocycles. The fraction of sp³-hybridized carbons (Fsp3) is 0.556. The number of rotatable bonds is 6. The normalized spacial score (nSPS) is 15.7. The molecule has 0 saturated carbocycles. The molecule has 0 radical (unpaired) electrons. The molecule has 5 heteroatoms. The highest BCUT2D eigenvalue weighted by Gasteiger charge is 2.20. The molecule has 0 bridgehead atoms. The summed E-state index contributed by atoms with van der Waals surface area (Å²) >= 11 is 0. The van der Waals surface area contributed by atoms with Crippen molar-refractivity contribution >= 4 is 11.8 Å². The first-order valence-corrected chi connectivity index (χ1v) is 8.38. The van der Waals surface area contributed by atoms with Gasteiger partial charge in [0.05, 0.1) is 0 Å². The van der Waals surface area contributed by atoms with Gasteiger partial charge in [0.15, 0.2) is 0 Å². The van der Waals surface area contributed by atoms with Crippen LogP contribution >= 0.6 is 0 Å². The van der Waals surface area contributed by atoms with E-state index in [1.807, 2.05) is 24.8 Å². The average molecular weight is 317 g/mol. The summed E-state index contributed by atoms with van der Waals surface area (Å²) in [6.45, 7) is 8.41. The Morgan fingerprint density at radius 1 is 1.09 bits per heavy atom. The Labute approximate surface area is 138 Å². The van der Waals surface area contributed by atoms with Gasteiger partial charge in [0.25, 0.3) is 0 Å². The Morgan fingerprint density at radius 2 is 1.74 bits per heavy atom. The van der Waals surface area contributed by atoms with Crippen LogP contribution in [-0.4, -0.2) is 54.3 Å². The van der Waals surface area contributed by atoms with Crippen LogP contribution in [0.5, 0.6) is 0 Å². The van der Waals surface area contributed by atoms with E-state index in [0.29, 0.717) is 13.0 Å². The summed E-state index contributed by atoms with van der Waals surface area (Å²) in [7, 11) is 0. The van der Waals surface area contributed by atoms with Gasteiger partial charge in [-0.2, -0.15) is 0 Å². The number of amides is 2. The number of hydrogen-bond donors (Lipinski definition) is 1.